The van der Waals surface area contributed by atoms with Crippen LogP contribution >= 0.6 is 0 Å². The molecule has 0 saturated carbocycles. The van der Waals surface area contributed by atoms with Crippen LogP contribution < -0.4 is 0 Å². The van der Waals surface area contributed by atoms with Crippen LogP contribution in [0.3, 0.4) is 0 Å². The van der Waals surface area contributed by atoms with E-state index >= 15 is 0 Å². The third kappa shape index (κ3) is 1.49. The standard InChI is InChI=1S/C6H11NO4/c1-2-6(7(8)9)3-10-5-11-4-6/h2-5H2,1H3. The number of hydrogen-bond donors (Lipinski definition) is 0. The second-order valence-electron chi connectivity index (χ2n) is 2.65. The van der Waals surface area contributed by atoms with E-state index in [-0.39, 0.29) is 24.9 Å². The average molecular weight is 161 g/mol. The van der Waals surface area contributed by atoms with E-state index in [1.807, 2.05) is 0 Å². The molecule has 0 aromatic rings. The van der Waals surface area contributed by atoms with Crippen LogP contribution in [0.5, 0.6) is 0 Å². The first kappa shape index (κ1) is 8.42. The minimum Gasteiger partial charge on any atom is -0.348 e. The lowest BCUT2D eigenvalue weighted by atomic mass is 9.99. The van der Waals surface area contributed by atoms with Crippen molar-refractivity contribution in [3.63, 3.8) is 0 Å². The van der Waals surface area contributed by atoms with Crippen LogP contribution in [0, 0.1) is 10.1 Å². The molecule has 0 atom stereocenters. The SMILES string of the molecule is CCC1([N+](=O)[O-])COCOC1. The molecule has 5 heteroatoms. The van der Waals surface area contributed by atoms with Gasteiger partial charge < -0.3 is 9.47 Å². The Balaban J connectivity index is 2.64. The molecule has 0 radical (unpaired) electrons. The summed E-state index contributed by atoms with van der Waals surface area (Å²) in [7, 11) is 0. The third-order valence-electron chi connectivity index (χ3n) is 1.95. The molecular weight excluding hydrogens is 150 g/mol. The Morgan fingerprint density at radius 2 is 2.09 bits per heavy atom. The predicted molar refractivity (Wildman–Crippen MR) is 36.8 cm³/mol. The number of nitrogens with zero attached hydrogens (tertiary/aromatic N) is 1. The highest BCUT2D eigenvalue weighted by atomic mass is 16.7. The summed E-state index contributed by atoms with van der Waals surface area (Å²) in [5, 5.41) is 10.6. The molecule has 11 heavy (non-hydrogen) atoms. The lowest BCUT2D eigenvalue weighted by molar-refractivity contribution is -0.588. The minimum atomic E-state index is -1.00. The Morgan fingerprint density at radius 3 is 2.36 bits per heavy atom. The van der Waals surface area contributed by atoms with Gasteiger partial charge in [-0.1, -0.05) is 6.92 Å². The normalized spacial score (nSPS) is 23.0. The van der Waals surface area contributed by atoms with Crippen LogP contribution in [0.25, 0.3) is 0 Å². The molecule has 0 aromatic carbocycles. The van der Waals surface area contributed by atoms with E-state index in [2.05, 4.69) is 0 Å². The van der Waals surface area contributed by atoms with Crippen molar-refractivity contribution in [2.75, 3.05) is 20.0 Å². The average Bonchev–Trinajstić information content (AvgIpc) is 2.05. The summed E-state index contributed by atoms with van der Waals surface area (Å²) >= 11 is 0. The van der Waals surface area contributed by atoms with E-state index in [9.17, 15) is 10.1 Å². The van der Waals surface area contributed by atoms with Gasteiger partial charge in [-0.2, -0.15) is 0 Å². The van der Waals surface area contributed by atoms with E-state index in [1.165, 1.54) is 0 Å². The summed E-state index contributed by atoms with van der Waals surface area (Å²) in [6.07, 6.45) is 0.444. The van der Waals surface area contributed by atoms with Gasteiger partial charge in [-0.05, 0) is 0 Å². The van der Waals surface area contributed by atoms with E-state index in [1.54, 1.807) is 6.92 Å². The zero-order chi connectivity index (χ0) is 8.32. The molecule has 0 unspecified atom stereocenters. The lowest BCUT2D eigenvalue weighted by Crippen LogP contribution is -2.50. The van der Waals surface area contributed by atoms with Gasteiger partial charge in [-0.15, -0.1) is 0 Å². The summed E-state index contributed by atoms with van der Waals surface area (Å²) in [4.78, 5) is 10.2. The molecule has 1 saturated heterocycles. The van der Waals surface area contributed by atoms with Crippen molar-refractivity contribution in [1.82, 2.24) is 0 Å². The molecule has 1 rings (SSSR count). The lowest BCUT2D eigenvalue weighted by Gasteiger charge is -2.27. The molecule has 0 amide bonds. The molecule has 0 spiro atoms. The van der Waals surface area contributed by atoms with Gasteiger partial charge in [0.25, 0.3) is 5.54 Å². The van der Waals surface area contributed by atoms with Crippen molar-refractivity contribution in [3.05, 3.63) is 10.1 Å². The Hall–Kier alpha value is -0.680. The number of nitro groups is 1. The molecule has 1 heterocycles. The van der Waals surface area contributed by atoms with Crippen LogP contribution in [0.2, 0.25) is 0 Å². The second kappa shape index (κ2) is 3.15. The zero-order valence-corrected chi connectivity index (χ0v) is 6.41. The maximum atomic E-state index is 10.6. The molecule has 0 N–H and O–H groups in total. The number of rotatable bonds is 2. The highest BCUT2D eigenvalue weighted by Crippen LogP contribution is 2.19. The molecular formula is C6H11NO4. The van der Waals surface area contributed by atoms with E-state index in [0.29, 0.717) is 6.42 Å². The Labute approximate surface area is 64.4 Å². The number of hydrogen-bond acceptors (Lipinski definition) is 4. The smallest absolute Gasteiger partial charge is 0.267 e. The molecule has 1 fully saturated rings. The van der Waals surface area contributed by atoms with Crippen LogP contribution in [-0.2, 0) is 9.47 Å². The van der Waals surface area contributed by atoms with Gasteiger partial charge in [0.15, 0.2) is 0 Å². The molecule has 64 valence electrons. The van der Waals surface area contributed by atoms with Crippen LogP contribution in [0.1, 0.15) is 13.3 Å². The molecule has 1 aliphatic rings. The highest BCUT2D eigenvalue weighted by Gasteiger charge is 2.44. The fourth-order valence-electron chi connectivity index (χ4n) is 1.00. The fourth-order valence-corrected chi connectivity index (χ4v) is 1.00. The second-order valence-corrected chi connectivity index (χ2v) is 2.65. The Bertz CT molecular complexity index is 153. The van der Waals surface area contributed by atoms with E-state index in [4.69, 9.17) is 9.47 Å². The summed E-state index contributed by atoms with van der Waals surface area (Å²) in [6.45, 7) is 2.27. The first-order valence-electron chi connectivity index (χ1n) is 3.51. The molecule has 0 aromatic heterocycles. The summed E-state index contributed by atoms with van der Waals surface area (Å²) in [5.41, 5.74) is -1.00. The van der Waals surface area contributed by atoms with Crippen LogP contribution in [0.4, 0.5) is 0 Å². The van der Waals surface area contributed by atoms with Gasteiger partial charge in [-0.25, -0.2) is 0 Å². The minimum absolute atomic E-state index is 0.163. The van der Waals surface area contributed by atoms with Crippen molar-refractivity contribution >= 4 is 0 Å². The maximum Gasteiger partial charge on any atom is 0.267 e. The van der Waals surface area contributed by atoms with E-state index in [0.717, 1.165) is 0 Å². The summed E-state index contributed by atoms with van der Waals surface area (Å²) in [6, 6.07) is 0. The van der Waals surface area contributed by atoms with Crippen molar-refractivity contribution in [2.45, 2.75) is 18.9 Å². The van der Waals surface area contributed by atoms with Crippen LogP contribution in [0.15, 0.2) is 0 Å². The van der Waals surface area contributed by atoms with Gasteiger partial charge in [0, 0.05) is 11.3 Å². The topological polar surface area (TPSA) is 61.6 Å². The molecule has 0 aliphatic carbocycles. The predicted octanol–water partition coefficient (Wildman–Crippen LogP) is 0.416. The monoisotopic (exact) mass is 161 g/mol. The number of ether oxygens (including phenoxy) is 2. The van der Waals surface area contributed by atoms with Crippen LogP contribution in [-0.4, -0.2) is 30.5 Å². The Morgan fingerprint density at radius 1 is 1.55 bits per heavy atom. The molecule has 1 aliphatic heterocycles. The summed E-state index contributed by atoms with van der Waals surface area (Å²) < 4.78 is 9.75. The van der Waals surface area contributed by atoms with Gasteiger partial charge in [0.2, 0.25) is 0 Å². The quantitative estimate of drug-likeness (QED) is 0.435. The molecule has 5 nitrogen and oxygen atoms in total. The van der Waals surface area contributed by atoms with Crippen molar-refractivity contribution < 1.29 is 14.4 Å². The highest BCUT2D eigenvalue weighted by molar-refractivity contribution is 4.78. The summed E-state index contributed by atoms with van der Waals surface area (Å²) in [5.74, 6) is 0. The maximum absolute atomic E-state index is 10.6. The van der Waals surface area contributed by atoms with E-state index < -0.39 is 5.54 Å². The van der Waals surface area contributed by atoms with Crippen molar-refractivity contribution in [2.24, 2.45) is 0 Å². The van der Waals surface area contributed by atoms with Gasteiger partial charge in [0.05, 0.1) is 0 Å². The first-order chi connectivity index (χ1) is 5.21. The van der Waals surface area contributed by atoms with Gasteiger partial charge >= 0.3 is 0 Å². The zero-order valence-electron chi connectivity index (χ0n) is 6.41. The largest absolute Gasteiger partial charge is 0.348 e. The third-order valence-corrected chi connectivity index (χ3v) is 1.95. The first-order valence-corrected chi connectivity index (χ1v) is 3.51. The van der Waals surface area contributed by atoms with Crippen molar-refractivity contribution in [1.29, 1.82) is 0 Å². The fraction of sp³-hybridized carbons (Fsp3) is 1.00. The molecule has 0 bridgehead atoms. The van der Waals surface area contributed by atoms with Gasteiger partial charge in [0.1, 0.15) is 20.0 Å². The van der Waals surface area contributed by atoms with Crippen molar-refractivity contribution in [3.8, 4) is 0 Å². The van der Waals surface area contributed by atoms with Gasteiger partial charge in [-0.3, -0.25) is 10.1 Å². The Kier molecular flexibility index (Phi) is 2.41.